The number of imidazole rings is 2. The molecular formula is C48H47N11O3. The summed E-state index contributed by atoms with van der Waals surface area (Å²) < 4.78 is 3.56. The van der Waals surface area contributed by atoms with Crippen molar-refractivity contribution in [3.05, 3.63) is 155 Å². The molecule has 2 fully saturated rings. The number of aromatic nitrogens is 8. The van der Waals surface area contributed by atoms with Crippen LogP contribution in [0.2, 0.25) is 0 Å². The largest absolute Gasteiger partial charge is 0.478 e. The number of nitrogens with two attached hydrogens (primary N) is 1. The standard InChI is InChI=1S/C24H24N6O.C24H23N5O2/c1-16-4-3-12-29(16)22-6-2-5-20(27-22)14-19-15-21(28-30-13-11-26-24(19)30)17-7-9-18(10-8-17)23(25)31;1-16-4-3-12-28(16)22-6-2-5-20(26-22)14-19-15-21(27-29-13-11-25-23(19)29)17-7-9-18(10-8-17)24(30)31/h2,5-11,13,15-16H,3-4,12,14H2,1H3,(H2,25,31);2,5-11,13,15-16H,3-4,12,14H2,1H3,(H,30,31)/t2*16-/m00/s1. The molecule has 2 aromatic carbocycles. The maximum atomic E-state index is 11.4. The summed E-state index contributed by atoms with van der Waals surface area (Å²) in [5, 5.41) is 18.5. The summed E-state index contributed by atoms with van der Waals surface area (Å²) in [5.41, 5.74) is 15.1. The van der Waals surface area contributed by atoms with Crippen molar-refractivity contribution in [1.29, 1.82) is 0 Å². The molecule has 0 radical (unpaired) electrons. The van der Waals surface area contributed by atoms with Crippen LogP contribution < -0.4 is 15.5 Å². The fraction of sp³-hybridized carbons (Fsp3) is 0.250. The van der Waals surface area contributed by atoms with Crippen LogP contribution in [-0.4, -0.2) is 81.3 Å². The van der Waals surface area contributed by atoms with Crippen LogP contribution in [0.15, 0.2) is 122 Å². The van der Waals surface area contributed by atoms with Gasteiger partial charge in [0.15, 0.2) is 11.3 Å². The number of carboxylic acids is 1. The molecule has 0 spiro atoms. The lowest BCUT2D eigenvalue weighted by molar-refractivity contribution is 0.0696. The summed E-state index contributed by atoms with van der Waals surface area (Å²) in [7, 11) is 0. The van der Waals surface area contributed by atoms with Crippen molar-refractivity contribution < 1.29 is 14.7 Å². The molecule has 1 amide bonds. The van der Waals surface area contributed by atoms with Gasteiger partial charge in [-0.05, 0) is 100 Å². The van der Waals surface area contributed by atoms with E-state index in [4.69, 9.17) is 20.8 Å². The van der Waals surface area contributed by atoms with E-state index in [-0.39, 0.29) is 5.56 Å². The van der Waals surface area contributed by atoms with E-state index in [1.165, 1.54) is 25.7 Å². The van der Waals surface area contributed by atoms with E-state index in [2.05, 4.69) is 80.2 Å². The molecule has 8 heterocycles. The smallest absolute Gasteiger partial charge is 0.335 e. The molecule has 10 rings (SSSR count). The number of amides is 1. The number of rotatable bonds is 10. The van der Waals surface area contributed by atoms with Gasteiger partial charge in [0.1, 0.15) is 11.6 Å². The Balaban J connectivity index is 0.000000158. The number of carboxylic acid groups (broad SMARTS) is 1. The number of pyridine rings is 2. The highest BCUT2D eigenvalue weighted by molar-refractivity contribution is 5.93. The van der Waals surface area contributed by atoms with E-state index < -0.39 is 11.9 Å². The van der Waals surface area contributed by atoms with Gasteiger partial charge in [-0.3, -0.25) is 4.79 Å². The third-order valence-corrected chi connectivity index (χ3v) is 11.8. The van der Waals surface area contributed by atoms with Crippen molar-refractivity contribution in [2.24, 2.45) is 5.73 Å². The van der Waals surface area contributed by atoms with Crippen molar-refractivity contribution in [1.82, 2.24) is 39.2 Å². The molecule has 6 aromatic heterocycles. The zero-order valence-electron chi connectivity index (χ0n) is 34.7. The predicted octanol–water partition coefficient (Wildman–Crippen LogP) is 7.54. The lowest BCUT2D eigenvalue weighted by Gasteiger charge is -2.23. The maximum Gasteiger partial charge on any atom is 0.335 e. The third-order valence-electron chi connectivity index (χ3n) is 11.8. The summed E-state index contributed by atoms with van der Waals surface area (Å²) in [6.45, 7) is 6.62. The average molecular weight is 826 g/mol. The van der Waals surface area contributed by atoms with E-state index >= 15 is 0 Å². The fourth-order valence-corrected chi connectivity index (χ4v) is 8.48. The minimum absolute atomic E-state index is 0.254. The highest BCUT2D eigenvalue weighted by Crippen LogP contribution is 2.28. The van der Waals surface area contributed by atoms with Gasteiger partial charge >= 0.3 is 5.97 Å². The number of nitrogens with zero attached hydrogens (tertiary/aromatic N) is 10. The van der Waals surface area contributed by atoms with Gasteiger partial charge < -0.3 is 20.6 Å². The third kappa shape index (κ3) is 8.44. The van der Waals surface area contributed by atoms with Crippen LogP contribution in [0.3, 0.4) is 0 Å². The summed E-state index contributed by atoms with van der Waals surface area (Å²) in [6.07, 6.45) is 13.3. The van der Waals surface area contributed by atoms with Gasteiger partial charge in [0.05, 0.1) is 17.0 Å². The predicted molar refractivity (Wildman–Crippen MR) is 238 cm³/mol. The number of hydrogen-bond acceptors (Lipinski definition) is 10. The van der Waals surface area contributed by atoms with Gasteiger partial charge in [-0.2, -0.15) is 10.2 Å². The first kappa shape index (κ1) is 40.0. The molecule has 3 N–H and O–H groups in total. The van der Waals surface area contributed by atoms with E-state index in [0.717, 1.165) is 81.0 Å². The molecule has 0 bridgehead atoms. The lowest BCUT2D eigenvalue weighted by Crippen LogP contribution is -2.27. The second kappa shape index (κ2) is 17.2. The second-order valence-corrected chi connectivity index (χ2v) is 16.0. The lowest BCUT2D eigenvalue weighted by atomic mass is 10.1. The second-order valence-electron chi connectivity index (χ2n) is 16.0. The zero-order chi connectivity index (χ0) is 42.7. The maximum absolute atomic E-state index is 11.4. The molecule has 14 heteroatoms. The molecule has 0 aliphatic carbocycles. The van der Waals surface area contributed by atoms with Crippen LogP contribution in [0.5, 0.6) is 0 Å². The summed E-state index contributed by atoms with van der Waals surface area (Å²) in [5.74, 6) is 0.686. The minimum atomic E-state index is -0.941. The highest BCUT2D eigenvalue weighted by atomic mass is 16.4. The molecule has 2 saturated heterocycles. The normalized spacial score (nSPS) is 16.2. The van der Waals surface area contributed by atoms with E-state index in [1.54, 1.807) is 57.8 Å². The van der Waals surface area contributed by atoms with Crippen LogP contribution in [0.25, 0.3) is 33.8 Å². The number of carbonyl (C=O) groups excluding carboxylic acids is 1. The topological polar surface area (TPSA) is 173 Å². The molecule has 2 aliphatic heterocycles. The van der Waals surface area contributed by atoms with Gasteiger partial charge in [-0.25, -0.2) is 33.8 Å². The van der Waals surface area contributed by atoms with Crippen molar-refractivity contribution in [3.8, 4) is 22.5 Å². The number of carbonyl (C=O) groups is 2. The molecule has 0 saturated carbocycles. The van der Waals surface area contributed by atoms with E-state index in [0.29, 0.717) is 30.5 Å². The molecule has 62 heavy (non-hydrogen) atoms. The first-order valence-corrected chi connectivity index (χ1v) is 21.0. The number of fused-ring (bicyclic) bond motifs is 2. The molecule has 8 aromatic rings. The Bertz CT molecular complexity index is 2690. The van der Waals surface area contributed by atoms with Crippen molar-refractivity contribution in [3.63, 3.8) is 0 Å². The number of aromatic carboxylic acids is 1. The average Bonchev–Trinajstić information content (AvgIpc) is 4.13. The summed E-state index contributed by atoms with van der Waals surface area (Å²) >= 11 is 0. The molecule has 14 nitrogen and oxygen atoms in total. The van der Waals surface area contributed by atoms with E-state index in [9.17, 15) is 9.59 Å². The fourth-order valence-electron chi connectivity index (χ4n) is 8.48. The van der Waals surface area contributed by atoms with Gasteiger partial charge in [-0.15, -0.1) is 0 Å². The Morgan fingerprint density at radius 1 is 0.645 bits per heavy atom. The molecule has 2 atom stereocenters. The van der Waals surface area contributed by atoms with Crippen LogP contribution in [-0.2, 0) is 12.8 Å². The number of benzene rings is 2. The summed E-state index contributed by atoms with van der Waals surface area (Å²) in [6, 6.07) is 31.5. The van der Waals surface area contributed by atoms with Crippen LogP contribution in [0.4, 0.5) is 11.6 Å². The summed E-state index contributed by atoms with van der Waals surface area (Å²) in [4.78, 5) is 46.1. The quantitative estimate of drug-likeness (QED) is 0.140. The SMILES string of the molecule is C[C@H]1CCCN1c1cccc(Cc2cc(-c3ccc(C(=O)O)cc3)nn3ccnc23)n1.C[C@H]1CCCN1c1cccc(Cc2cc(-c3ccc(C(N)=O)cc3)nn3ccnc23)n1. The van der Waals surface area contributed by atoms with E-state index in [1.807, 2.05) is 36.7 Å². The van der Waals surface area contributed by atoms with Crippen LogP contribution in [0.1, 0.15) is 82.8 Å². The van der Waals surface area contributed by atoms with Gasteiger partial charge in [0.25, 0.3) is 0 Å². The van der Waals surface area contributed by atoms with Gasteiger partial charge in [0.2, 0.25) is 5.91 Å². The Hall–Kier alpha value is -7.48. The van der Waals surface area contributed by atoms with Crippen LogP contribution >= 0.6 is 0 Å². The molecule has 0 unspecified atom stereocenters. The van der Waals surface area contributed by atoms with Crippen molar-refractivity contribution in [2.75, 3.05) is 22.9 Å². The van der Waals surface area contributed by atoms with Crippen LogP contribution in [0, 0.1) is 0 Å². The monoisotopic (exact) mass is 825 g/mol. The van der Waals surface area contributed by atoms with Gasteiger partial charge in [0, 0.05) is 102 Å². The van der Waals surface area contributed by atoms with Gasteiger partial charge in [-0.1, -0.05) is 36.4 Å². The first-order valence-electron chi connectivity index (χ1n) is 21.0. The number of anilines is 2. The molecule has 2 aliphatic rings. The first-order chi connectivity index (χ1) is 30.2. The highest BCUT2D eigenvalue weighted by Gasteiger charge is 2.23. The Morgan fingerprint density at radius 2 is 1.10 bits per heavy atom. The van der Waals surface area contributed by atoms with Crippen molar-refractivity contribution >= 4 is 34.8 Å². The molecular weight excluding hydrogens is 779 g/mol. The Kier molecular flexibility index (Phi) is 11.1. The number of primary amides is 1. The number of hydrogen-bond donors (Lipinski definition) is 2. The van der Waals surface area contributed by atoms with Crippen molar-refractivity contribution in [2.45, 2.75) is 64.5 Å². The molecule has 312 valence electrons. The Morgan fingerprint density at radius 3 is 1.50 bits per heavy atom. The minimum Gasteiger partial charge on any atom is -0.478 e. The Labute approximate surface area is 358 Å². The zero-order valence-corrected chi connectivity index (χ0v) is 34.7.